The summed E-state index contributed by atoms with van der Waals surface area (Å²) in [6.45, 7) is 5.14. The van der Waals surface area contributed by atoms with Crippen molar-refractivity contribution in [3.63, 3.8) is 0 Å². The Morgan fingerprint density at radius 2 is 2.10 bits per heavy atom. The van der Waals surface area contributed by atoms with Crippen molar-refractivity contribution in [3.05, 3.63) is 35.4 Å². The van der Waals surface area contributed by atoms with Crippen LogP contribution in [0.4, 0.5) is 0 Å². The number of amides is 1. The van der Waals surface area contributed by atoms with Crippen molar-refractivity contribution in [2.45, 2.75) is 33.2 Å². The number of nitrogens with two attached hydrogens (primary N) is 1. The lowest BCUT2D eigenvalue weighted by Gasteiger charge is -2.20. The van der Waals surface area contributed by atoms with E-state index in [0.717, 1.165) is 17.5 Å². The van der Waals surface area contributed by atoms with Crippen molar-refractivity contribution in [1.82, 2.24) is 4.90 Å². The monoisotopic (exact) mass is 272 g/mol. The van der Waals surface area contributed by atoms with Crippen molar-refractivity contribution >= 4 is 5.91 Å². The highest BCUT2D eigenvalue weighted by Crippen LogP contribution is 2.13. The molecule has 0 aromatic heterocycles. The zero-order chi connectivity index (χ0) is 15.0. The Hall–Kier alpha value is -1.79. The summed E-state index contributed by atoms with van der Waals surface area (Å²) in [6.07, 6.45) is 1.63. The van der Waals surface area contributed by atoms with Crippen LogP contribution in [-0.2, 0) is 11.3 Å². The van der Waals surface area contributed by atoms with Crippen LogP contribution in [0.2, 0.25) is 0 Å². The highest BCUT2D eigenvalue weighted by Gasteiger charge is 2.13. The summed E-state index contributed by atoms with van der Waals surface area (Å²) >= 11 is 0. The molecule has 0 saturated heterocycles. The predicted molar refractivity (Wildman–Crippen MR) is 82.9 cm³/mol. The van der Waals surface area contributed by atoms with Crippen LogP contribution in [0.15, 0.2) is 24.3 Å². The van der Waals surface area contributed by atoms with Gasteiger partial charge in [-0.2, -0.15) is 0 Å². The van der Waals surface area contributed by atoms with E-state index in [-0.39, 0.29) is 5.91 Å². The summed E-state index contributed by atoms with van der Waals surface area (Å²) in [4.78, 5) is 13.9. The average molecular weight is 272 g/mol. The smallest absolute Gasteiger partial charge is 0.222 e. The van der Waals surface area contributed by atoms with Gasteiger partial charge in [0.2, 0.25) is 5.91 Å². The molecule has 0 aliphatic carbocycles. The fraction of sp³-hybridized carbons (Fsp3) is 0.471. The van der Waals surface area contributed by atoms with Gasteiger partial charge in [-0.15, -0.1) is 0 Å². The van der Waals surface area contributed by atoms with Gasteiger partial charge >= 0.3 is 0 Å². The molecule has 0 heterocycles. The van der Waals surface area contributed by atoms with Gasteiger partial charge in [-0.3, -0.25) is 4.79 Å². The molecule has 0 fully saturated rings. The second-order valence-electron chi connectivity index (χ2n) is 5.13. The van der Waals surface area contributed by atoms with Crippen molar-refractivity contribution in [2.24, 2.45) is 11.7 Å². The first-order valence-corrected chi connectivity index (χ1v) is 7.09. The lowest BCUT2D eigenvalue weighted by atomic mass is 10.0. The molecule has 0 aliphatic rings. The van der Waals surface area contributed by atoms with Gasteiger partial charge in [0.05, 0.1) is 6.54 Å². The quantitative estimate of drug-likeness (QED) is 0.837. The molecular formula is C17H24N2O. The Morgan fingerprint density at radius 3 is 2.75 bits per heavy atom. The van der Waals surface area contributed by atoms with Gasteiger partial charge in [0.25, 0.3) is 0 Å². The number of hydrogen-bond donors (Lipinski definition) is 1. The number of nitrogens with zero attached hydrogens (tertiary/aromatic N) is 1. The first-order valence-electron chi connectivity index (χ1n) is 7.09. The van der Waals surface area contributed by atoms with E-state index in [4.69, 9.17) is 5.73 Å². The Morgan fingerprint density at radius 1 is 1.40 bits per heavy atom. The molecule has 0 saturated carbocycles. The van der Waals surface area contributed by atoms with E-state index in [2.05, 4.69) is 25.7 Å². The van der Waals surface area contributed by atoms with Crippen LogP contribution in [0.3, 0.4) is 0 Å². The molecule has 1 rings (SSSR count). The molecule has 1 amide bonds. The van der Waals surface area contributed by atoms with Crippen LogP contribution >= 0.6 is 0 Å². The second kappa shape index (κ2) is 8.39. The summed E-state index contributed by atoms with van der Waals surface area (Å²) in [6, 6.07) is 7.89. The minimum absolute atomic E-state index is 0.181. The fourth-order valence-electron chi connectivity index (χ4n) is 1.87. The zero-order valence-corrected chi connectivity index (χ0v) is 12.6. The van der Waals surface area contributed by atoms with E-state index in [9.17, 15) is 4.79 Å². The summed E-state index contributed by atoms with van der Waals surface area (Å²) < 4.78 is 0. The van der Waals surface area contributed by atoms with Crippen molar-refractivity contribution < 1.29 is 4.79 Å². The second-order valence-corrected chi connectivity index (χ2v) is 5.13. The first kappa shape index (κ1) is 16.3. The van der Waals surface area contributed by atoms with Gasteiger partial charge < -0.3 is 10.6 Å². The molecule has 2 N–H and O–H groups in total. The van der Waals surface area contributed by atoms with Gasteiger partial charge in [-0.25, -0.2) is 0 Å². The number of hydrogen-bond acceptors (Lipinski definition) is 2. The van der Waals surface area contributed by atoms with E-state index in [1.807, 2.05) is 31.3 Å². The van der Waals surface area contributed by atoms with Crippen LogP contribution in [0.1, 0.15) is 37.8 Å². The number of rotatable bonds is 5. The Balaban J connectivity index is 2.75. The molecule has 20 heavy (non-hydrogen) atoms. The predicted octanol–water partition coefficient (Wildman–Crippen LogP) is 2.39. The highest BCUT2D eigenvalue weighted by atomic mass is 16.2. The van der Waals surface area contributed by atoms with Gasteiger partial charge in [0.15, 0.2) is 0 Å². The normalized spacial score (nSPS) is 11.4. The molecule has 1 atom stereocenters. The molecular weight excluding hydrogens is 248 g/mol. The Labute approximate surface area is 122 Å². The lowest BCUT2D eigenvalue weighted by Crippen LogP contribution is -2.27. The minimum Gasteiger partial charge on any atom is -0.341 e. The fourth-order valence-corrected chi connectivity index (χ4v) is 1.87. The van der Waals surface area contributed by atoms with Crippen molar-refractivity contribution in [1.29, 1.82) is 0 Å². The van der Waals surface area contributed by atoms with E-state index in [1.165, 1.54) is 0 Å². The van der Waals surface area contributed by atoms with Crippen LogP contribution in [0.25, 0.3) is 0 Å². The molecule has 1 aromatic rings. The maximum absolute atomic E-state index is 12.1. The third kappa shape index (κ3) is 5.07. The first-order chi connectivity index (χ1) is 9.58. The van der Waals surface area contributed by atoms with Gasteiger partial charge in [-0.05, 0) is 17.5 Å². The maximum Gasteiger partial charge on any atom is 0.222 e. The third-order valence-electron chi connectivity index (χ3n) is 3.40. The Kier molecular flexibility index (Phi) is 6.83. The summed E-state index contributed by atoms with van der Waals surface area (Å²) in [5.74, 6) is 6.53. The van der Waals surface area contributed by atoms with Crippen molar-refractivity contribution in [3.8, 4) is 11.8 Å². The molecule has 0 radical (unpaired) electrons. The Bertz CT molecular complexity index is 499. The van der Waals surface area contributed by atoms with Crippen LogP contribution < -0.4 is 5.73 Å². The van der Waals surface area contributed by atoms with Gasteiger partial charge in [-0.1, -0.05) is 50.3 Å². The molecule has 0 bridgehead atoms. The van der Waals surface area contributed by atoms with Gasteiger partial charge in [0.1, 0.15) is 0 Å². The van der Waals surface area contributed by atoms with Crippen LogP contribution in [0.5, 0.6) is 0 Å². The van der Waals surface area contributed by atoms with E-state index >= 15 is 0 Å². The van der Waals surface area contributed by atoms with E-state index in [0.29, 0.717) is 25.4 Å². The van der Waals surface area contributed by atoms with E-state index in [1.54, 1.807) is 4.90 Å². The minimum atomic E-state index is 0.181. The average Bonchev–Trinajstić information content (AvgIpc) is 2.46. The topological polar surface area (TPSA) is 46.3 Å². The van der Waals surface area contributed by atoms with Crippen LogP contribution in [-0.4, -0.2) is 24.4 Å². The lowest BCUT2D eigenvalue weighted by molar-refractivity contribution is -0.131. The van der Waals surface area contributed by atoms with E-state index < -0.39 is 0 Å². The number of carbonyl (C=O) groups excluding carboxylic acids is 1. The molecule has 0 aliphatic heterocycles. The summed E-state index contributed by atoms with van der Waals surface area (Å²) in [7, 11) is 1.85. The van der Waals surface area contributed by atoms with Crippen molar-refractivity contribution in [2.75, 3.05) is 13.6 Å². The standard InChI is InChI=1S/C17H24N2O/c1-4-14(2)12-17(20)19(3)13-16-9-6-5-8-15(16)10-7-11-18/h5-6,8-9,14H,4,11-13,18H2,1-3H3. The zero-order valence-electron chi connectivity index (χ0n) is 12.6. The summed E-state index contributed by atoms with van der Waals surface area (Å²) in [5, 5.41) is 0. The number of benzene rings is 1. The molecule has 1 unspecified atom stereocenters. The van der Waals surface area contributed by atoms with Crippen LogP contribution in [0, 0.1) is 17.8 Å². The molecule has 3 nitrogen and oxygen atoms in total. The number of carbonyl (C=O) groups is 1. The summed E-state index contributed by atoms with van der Waals surface area (Å²) in [5.41, 5.74) is 7.42. The largest absolute Gasteiger partial charge is 0.341 e. The van der Waals surface area contributed by atoms with Gasteiger partial charge in [0, 0.05) is 25.6 Å². The molecule has 0 spiro atoms. The molecule has 108 valence electrons. The molecule has 1 aromatic carbocycles. The highest BCUT2D eigenvalue weighted by molar-refractivity contribution is 5.76. The molecule has 3 heteroatoms. The maximum atomic E-state index is 12.1. The third-order valence-corrected chi connectivity index (χ3v) is 3.40. The SMILES string of the molecule is CCC(C)CC(=O)N(C)Cc1ccccc1C#CCN.